The van der Waals surface area contributed by atoms with E-state index in [1.165, 1.54) is 4.88 Å². The summed E-state index contributed by atoms with van der Waals surface area (Å²) in [5.41, 5.74) is 2.05. The van der Waals surface area contributed by atoms with Crippen molar-refractivity contribution in [1.82, 2.24) is 20.1 Å². The minimum Gasteiger partial charge on any atom is -0.350 e. The molecule has 1 N–H and O–H groups in total. The summed E-state index contributed by atoms with van der Waals surface area (Å²) in [6.07, 6.45) is 7.06. The molecule has 3 aromatic rings. The molecule has 112 valence electrons. The Kier molecular flexibility index (Phi) is 4.29. The Morgan fingerprint density at radius 3 is 3.05 bits per heavy atom. The third-order valence-electron chi connectivity index (χ3n) is 3.37. The van der Waals surface area contributed by atoms with Crippen molar-refractivity contribution in [1.29, 1.82) is 0 Å². The smallest absolute Gasteiger partial charge is 0.244 e. The summed E-state index contributed by atoms with van der Waals surface area (Å²) < 4.78 is 1.63. The molecular formula is C16H16N4OS. The number of carbonyl (C=O) groups excluding carboxylic acids is 1. The van der Waals surface area contributed by atoms with E-state index in [0.29, 0.717) is 6.54 Å². The van der Waals surface area contributed by atoms with Gasteiger partial charge in [0.05, 0.1) is 0 Å². The third kappa shape index (κ3) is 3.23. The van der Waals surface area contributed by atoms with Gasteiger partial charge in [0.25, 0.3) is 0 Å². The van der Waals surface area contributed by atoms with Crippen molar-refractivity contribution < 1.29 is 4.79 Å². The van der Waals surface area contributed by atoms with Crippen molar-refractivity contribution in [2.24, 2.45) is 0 Å². The van der Waals surface area contributed by atoms with Gasteiger partial charge in [-0.15, -0.1) is 11.3 Å². The minimum absolute atomic E-state index is 0.0646. The SMILES string of the molecule is CC(C(=O)NCc1cncc(-c2cccs2)c1)n1cccn1. The van der Waals surface area contributed by atoms with Crippen LogP contribution in [0.4, 0.5) is 0 Å². The summed E-state index contributed by atoms with van der Waals surface area (Å²) in [7, 11) is 0. The van der Waals surface area contributed by atoms with E-state index in [9.17, 15) is 4.79 Å². The highest BCUT2D eigenvalue weighted by atomic mass is 32.1. The van der Waals surface area contributed by atoms with E-state index in [2.05, 4.69) is 27.5 Å². The molecule has 5 nitrogen and oxygen atoms in total. The summed E-state index contributed by atoms with van der Waals surface area (Å²) in [6, 6.07) is 7.60. The number of nitrogens with zero attached hydrogens (tertiary/aromatic N) is 3. The Hall–Kier alpha value is -2.47. The van der Waals surface area contributed by atoms with Crippen LogP contribution in [-0.2, 0) is 11.3 Å². The van der Waals surface area contributed by atoms with Gasteiger partial charge in [0, 0.05) is 41.8 Å². The molecule has 0 aliphatic carbocycles. The molecular weight excluding hydrogens is 296 g/mol. The average Bonchev–Trinajstić information content (AvgIpc) is 3.24. The van der Waals surface area contributed by atoms with Crippen LogP contribution in [0.5, 0.6) is 0 Å². The van der Waals surface area contributed by atoms with Crippen molar-refractivity contribution in [3.8, 4) is 10.4 Å². The maximum absolute atomic E-state index is 12.1. The zero-order valence-electron chi connectivity index (χ0n) is 12.1. The van der Waals surface area contributed by atoms with Gasteiger partial charge in [-0.1, -0.05) is 6.07 Å². The zero-order valence-corrected chi connectivity index (χ0v) is 13.0. The Morgan fingerprint density at radius 1 is 1.41 bits per heavy atom. The van der Waals surface area contributed by atoms with Gasteiger partial charge in [-0.2, -0.15) is 5.10 Å². The van der Waals surface area contributed by atoms with Crippen LogP contribution in [-0.4, -0.2) is 20.7 Å². The molecule has 0 saturated carbocycles. The van der Waals surface area contributed by atoms with Gasteiger partial charge in [-0.3, -0.25) is 14.5 Å². The molecule has 3 rings (SSSR count). The molecule has 3 aromatic heterocycles. The highest BCUT2D eigenvalue weighted by molar-refractivity contribution is 7.13. The molecule has 0 saturated heterocycles. The zero-order chi connectivity index (χ0) is 15.4. The minimum atomic E-state index is -0.330. The van der Waals surface area contributed by atoms with Gasteiger partial charge in [0.15, 0.2) is 0 Å². The van der Waals surface area contributed by atoms with Crippen molar-refractivity contribution in [2.45, 2.75) is 19.5 Å². The highest BCUT2D eigenvalue weighted by Gasteiger charge is 2.14. The fraction of sp³-hybridized carbons (Fsp3) is 0.188. The molecule has 1 unspecified atom stereocenters. The van der Waals surface area contributed by atoms with E-state index in [0.717, 1.165) is 11.1 Å². The second-order valence-corrected chi connectivity index (χ2v) is 5.89. The number of thiophene rings is 1. The van der Waals surface area contributed by atoms with Crippen LogP contribution in [0, 0.1) is 0 Å². The normalized spacial score (nSPS) is 12.0. The molecule has 0 radical (unpaired) electrons. The summed E-state index contributed by atoms with van der Waals surface area (Å²) in [5, 5.41) is 9.05. The van der Waals surface area contributed by atoms with Crippen LogP contribution in [0.3, 0.4) is 0 Å². The lowest BCUT2D eigenvalue weighted by atomic mass is 10.2. The average molecular weight is 312 g/mol. The molecule has 0 bridgehead atoms. The predicted molar refractivity (Wildman–Crippen MR) is 86.3 cm³/mol. The maximum Gasteiger partial charge on any atom is 0.244 e. The Morgan fingerprint density at radius 2 is 2.32 bits per heavy atom. The highest BCUT2D eigenvalue weighted by Crippen LogP contribution is 2.24. The topological polar surface area (TPSA) is 59.8 Å². The molecule has 1 atom stereocenters. The summed E-state index contributed by atoms with van der Waals surface area (Å²) in [5.74, 6) is -0.0646. The van der Waals surface area contributed by atoms with Crippen molar-refractivity contribution in [3.05, 3.63) is 60.0 Å². The Bertz CT molecular complexity index is 737. The van der Waals surface area contributed by atoms with Gasteiger partial charge in [-0.25, -0.2) is 0 Å². The maximum atomic E-state index is 12.1. The first-order valence-electron chi connectivity index (χ1n) is 6.98. The second kappa shape index (κ2) is 6.53. The van der Waals surface area contributed by atoms with E-state index in [-0.39, 0.29) is 11.9 Å². The first-order chi connectivity index (χ1) is 10.7. The van der Waals surface area contributed by atoms with Gasteiger partial charge in [0.2, 0.25) is 5.91 Å². The summed E-state index contributed by atoms with van der Waals surface area (Å²) >= 11 is 1.67. The number of hydrogen-bond donors (Lipinski definition) is 1. The monoisotopic (exact) mass is 312 g/mol. The second-order valence-electron chi connectivity index (χ2n) is 4.94. The molecule has 0 spiro atoms. The lowest BCUT2D eigenvalue weighted by Gasteiger charge is -2.12. The van der Waals surface area contributed by atoms with Crippen LogP contribution in [0.25, 0.3) is 10.4 Å². The number of amides is 1. The Labute approximate surface area is 132 Å². The lowest BCUT2D eigenvalue weighted by Crippen LogP contribution is -2.30. The molecule has 0 aliphatic rings. The number of pyridine rings is 1. The van der Waals surface area contributed by atoms with Crippen LogP contribution >= 0.6 is 11.3 Å². The fourth-order valence-electron chi connectivity index (χ4n) is 2.13. The van der Waals surface area contributed by atoms with Gasteiger partial charge in [-0.05, 0) is 36.1 Å². The van der Waals surface area contributed by atoms with E-state index in [1.807, 2.05) is 24.6 Å². The number of aromatic nitrogens is 3. The van der Waals surface area contributed by atoms with Crippen molar-refractivity contribution >= 4 is 17.2 Å². The predicted octanol–water partition coefficient (Wildman–Crippen LogP) is 2.88. The molecule has 0 aliphatic heterocycles. The van der Waals surface area contributed by atoms with Crippen LogP contribution in [0.15, 0.2) is 54.4 Å². The van der Waals surface area contributed by atoms with Crippen LogP contribution in [0.2, 0.25) is 0 Å². The lowest BCUT2D eigenvalue weighted by molar-refractivity contribution is -0.124. The largest absolute Gasteiger partial charge is 0.350 e. The number of nitrogens with one attached hydrogen (secondary N) is 1. The molecule has 22 heavy (non-hydrogen) atoms. The molecule has 0 aromatic carbocycles. The number of hydrogen-bond acceptors (Lipinski definition) is 4. The standard InChI is InChI=1S/C16H16N4OS/c1-12(20-6-3-5-19-20)16(21)18-10-13-8-14(11-17-9-13)15-4-2-7-22-15/h2-9,11-12H,10H2,1H3,(H,18,21). The number of carbonyl (C=O) groups is 1. The van der Waals surface area contributed by atoms with Crippen LogP contribution < -0.4 is 5.32 Å². The third-order valence-corrected chi connectivity index (χ3v) is 4.29. The number of rotatable bonds is 5. The van der Waals surface area contributed by atoms with E-state index in [1.54, 1.807) is 40.7 Å². The molecule has 1 amide bonds. The van der Waals surface area contributed by atoms with E-state index >= 15 is 0 Å². The van der Waals surface area contributed by atoms with E-state index in [4.69, 9.17) is 0 Å². The first-order valence-corrected chi connectivity index (χ1v) is 7.86. The van der Waals surface area contributed by atoms with Gasteiger partial charge >= 0.3 is 0 Å². The van der Waals surface area contributed by atoms with Crippen molar-refractivity contribution in [3.63, 3.8) is 0 Å². The fourth-order valence-corrected chi connectivity index (χ4v) is 2.84. The Balaban J connectivity index is 1.64. The van der Waals surface area contributed by atoms with Gasteiger partial charge < -0.3 is 5.32 Å². The molecule has 3 heterocycles. The first kappa shape index (κ1) is 14.5. The van der Waals surface area contributed by atoms with E-state index < -0.39 is 0 Å². The summed E-state index contributed by atoms with van der Waals surface area (Å²) in [4.78, 5) is 17.6. The summed E-state index contributed by atoms with van der Waals surface area (Å²) in [6.45, 7) is 2.28. The quantitative estimate of drug-likeness (QED) is 0.788. The van der Waals surface area contributed by atoms with Crippen LogP contribution in [0.1, 0.15) is 18.5 Å². The molecule has 0 fully saturated rings. The van der Waals surface area contributed by atoms with Crippen molar-refractivity contribution in [2.75, 3.05) is 0 Å². The van der Waals surface area contributed by atoms with Gasteiger partial charge in [0.1, 0.15) is 6.04 Å². The molecule has 6 heteroatoms.